The second-order valence-electron chi connectivity index (χ2n) is 5.05. The van der Waals surface area contributed by atoms with Gasteiger partial charge in [-0.25, -0.2) is 4.39 Å². The van der Waals surface area contributed by atoms with Crippen molar-refractivity contribution >= 4 is 22.7 Å². The van der Waals surface area contributed by atoms with E-state index in [1.807, 2.05) is 24.3 Å². The second kappa shape index (κ2) is 6.31. The van der Waals surface area contributed by atoms with Crippen LogP contribution in [0.5, 0.6) is 0 Å². The van der Waals surface area contributed by atoms with Crippen LogP contribution in [-0.4, -0.2) is 16.8 Å². The Labute approximate surface area is 131 Å². The number of carbonyl (C=O) groups is 2. The SMILES string of the molecule is O=C(Cc1c[nH]c2ccccc12)NNC(=O)c1ccc(F)cc1. The van der Waals surface area contributed by atoms with Gasteiger partial charge in [0.25, 0.3) is 5.91 Å². The van der Waals surface area contributed by atoms with Crippen molar-refractivity contribution in [2.45, 2.75) is 6.42 Å². The van der Waals surface area contributed by atoms with Crippen molar-refractivity contribution in [1.82, 2.24) is 15.8 Å². The van der Waals surface area contributed by atoms with Gasteiger partial charge in [-0.05, 0) is 35.9 Å². The summed E-state index contributed by atoms with van der Waals surface area (Å²) >= 11 is 0. The van der Waals surface area contributed by atoms with E-state index < -0.39 is 11.7 Å². The largest absolute Gasteiger partial charge is 0.361 e. The van der Waals surface area contributed by atoms with Crippen LogP contribution in [-0.2, 0) is 11.2 Å². The van der Waals surface area contributed by atoms with Crippen molar-refractivity contribution in [3.63, 3.8) is 0 Å². The third-order valence-corrected chi connectivity index (χ3v) is 3.45. The average Bonchev–Trinajstić information content (AvgIpc) is 2.96. The van der Waals surface area contributed by atoms with Crippen LogP contribution in [0, 0.1) is 5.82 Å². The van der Waals surface area contributed by atoms with Crippen molar-refractivity contribution in [3.05, 3.63) is 71.7 Å². The first-order valence-corrected chi connectivity index (χ1v) is 7.03. The summed E-state index contributed by atoms with van der Waals surface area (Å²) in [5.41, 5.74) is 6.71. The number of H-pyrrole nitrogens is 1. The summed E-state index contributed by atoms with van der Waals surface area (Å²) in [6.07, 6.45) is 1.90. The minimum absolute atomic E-state index is 0.133. The number of rotatable bonds is 3. The Bertz CT molecular complexity index is 856. The van der Waals surface area contributed by atoms with Gasteiger partial charge in [-0.3, -0.25) is 20.4 Å². The maximum atomic E-state index is 12.8. The normalized spacial score (nSPS) is 10.5. The third kappa shape index (κ3) is 3.37. The average molecular weight is 311 g/mol. The molecule has 0 aliphatic carbocycles. The highest BCUT2D eigenvalue weighted by Gasteiger charge is 2.10. The minimum Gasteiger partial charge on any atom is -0.361 e. The highest BCUT2D eigenvalue weighted by Crippen LogP contribution is 2.17. The Hall–Kier alpha value is -3.15. The van der Waals surface area contributed by atoms with Crippen LogP contribution in [0.2, 0.25) is 0 Å². The van der Waals surface area contributed by atoms with Crippen LogP contribution >= 0.6 is 0 Å². The van der Waals surface area contributed by atoms with Gasteiger partial charge in [-0.2, -0.15) is 0 Å². The zero-order valence-corrected chi connectivity index (χ0v) is 12.1. The number of benzene rings is 2. The summed E-state index contributed by atoms with van der Waals surface area (Å²) < 4.78 is 12.8. The molecule has 0 atom stereocenters. The van der Waals surface area contributed by atoms with E-state index in [1.54, 1.807) is 6.20 Å². The van der Waals surface area contributed by atoms with Crippen molar-refractivity contribution in [2.24, 2.45) is 0 Å². The molecule has 1 aromatic heterocycles. The molecule has 3 aromatic rings. The molecule has 2 amide bonds. The number of aromatic nitrogens is 1. The van der Waals surface area contributed by atoms with Crippen LogP contribution in [0.15, 0.2) is 54.7 Å². The first-order chi connectivity index (χ1) is 11.1. The molecular formula is C17H14FN3O2. The zero-order chi connectivity index (χ0) is 16.2. The van der Waals surface area contributed by atoms with Gasteiger partial charge in [0.15, 0.2) is 0 Å². The molecule has 0 radical (unpaired) electrons. The molecule has 0 spiro atoms. The number of amides is 2. The molecule has 0 fully saturated rings. The number of hydrogen-bond acceptors (Lipinski definition) is 2. The quantitative estimate of drug-likeness (QED) is 0.649. The molecule has 23 heavy (non-hydrogen) atoms. The van der Waals surface area contributed by atoms with Gasteiger partial charge in [0.05, 0.1) is 6.42 Å². The molecule has 116 valence electrons. The first kappa shape index (κ1) is 14.8. The summed E-state index contributed by atoms with van der Waals surface area (Å²) in [6.45, 7) is 0. The van der Waals surface area contributed by atoms with Gasteiger partial charge in [-0.1, -0.05) is 18.2 Å². The lowest BCUT2D eigenvalue weighted by Gasteiger charge is -2.07. The topological polar surface area (TPSA) is 74.0 Å². The summed E-state index contributed by atoms with van der Waals surface area (Å²) in [5, 5.41) is 0.965. The van der Waals surface area contributed by atoms with E-state index in [-0.39, 0.29) is 17.9 Å². The molecule has 0 saturated heterocycles. The minimum atomic E-state index is -0.503. The highest BCUT2D eigenvalue weighted by atomic mass is 19.1. The fourth-order valence-corrected chi connectivity index (χ4v) is 2.29. The molecule has 1 heterocycles. The van der Waals surface area contributed by atoms with Gasteiger partial charge in [0.1, 0.15) is 5.82 Å². The fourth-order valence-electron chi connectivity index (χ4n) is 2.29. The van der Waals surface area contributed by atoms with Crippen LogP contribution < -0.4 is 10.9 Å². The lowest BCUT2D eigenvalue weighted by Crippen LogP contribution is -2.42. The Morgan fingerprint density at radius 1 is 1.00 bits per heavy atom. The number of para-hydroxylation sites is 1. The van der Waals surface area contributed by atoms with Gasteiger partial charge in [0.2, 0.25) is 5.91 Å². The predicted molar refractivity (Wildman–Crippen MR) is 84.0 cm³/mol. The van der Waals surface area contributed by atoms with E-state index in [0.29, 0.717) is 0 Å². The number of hydrazine groups is 1. The van der Waals surface area contributed by atoms with Gasteiger partial charge >= 0.3 is 0 Å². The molecule has 0 aliphatic rings. The van der Waals surface area contributed by atoms with E-state index in [9.17, 15) is 14.0 Å². The molecule has 3 rings (SSSR count). The Morgan fingerprint density at radius 2 is 1.74 bits per heavy atom. The number of nitrogens with one attached hydrogen (secondary N) is 3. The highest BCUT2D eigenvalue weighted by molar-refractivity contribution is 5.96. The monoisotopic (exact) mass is 311 g/mol. The van der Waals surface area contributed by atoms with Crippen molar-refractivity contribution in [3.8, 4) is 0 Å². The number of hydrogen-bond donors (Lipinski definition) is 3. The van der Waals surface area contributed by atoms with Crippen LogP contribution in [0.25, 0.3) is 10.9 Å². The standard InChI is InChI=1S/C17H14FN3O2/c18-13-7-5-11(6-8-13)17(23)21-20-16(22)9-12-10-19-15-4-2-1-3-14(12)15/h1-8,10,19H,9H2,(H,20,22)(H,21,23). The Kier molecular flexibility index (Phi) is 4.05. The van der Waals surface area contributed by atoms with Gasteiger partial charge in [0, 0.05) is 22.7 Å². The zero-order valence-electron chi connectivity index (χ0n) is 12.1. The Balaban J connectivity index is 1.59. The van der Waals surface area contributed by atoms with Crippen molar-refractivity contribution in [2.75, 3.05) is 0 Å². The molecule has 6 heteroatoms. The molecule has 2 aromatic carbocycles. The van der Waals surface area contributed by atoms with Gasteiger partial charge in [-0.15, -0.1) is 0 Å². The molecule has 5 nitrogen and oxygen atoms in total. The molecule has 0 unspecified atom stereocenters. The lowest BCUT2D eigenvalue weighted by atomic mass is 10.1. The summed E-state index contributed by atoms with van der Waals surface area (Å²) in [5.74, 6) is -1.27. The van der Waals surface area contributed by atoms with Crippen LogP contribution in [0.3, 0.4) is 0 Å². The molecule has 0 aliphatic heterocycles. The number of carbonyl (C=O) groups excluding carboxylic acids is 2. The smallest absolute Gasteiger partial charge is 0.269 e. The number of aromatic amines is 1. The van der Waals surface area contributed by atoms with E-state index in [2.05, 4.69) is 15.8 Å². The Morgan fingerprint density at radius 3 is 2.52 bits per heavy atom. The first-order valence-electron chi connectivity index (χ1n) is 7.03. The molecular weight excluding hydrogens is 297 g/mol. The maximum absolute atomic E-state index is 12.8. The number of fused-ring (bicyclic) bond motifs is 1. The van der Waals surface area contributed by atoms with E-state index >= 15 is 0 Å². The lowest BCUT2D eigenvalue weighted by molar-refractivity contribution is -0.121. The molecule has 0 saturated carbocycles. The van der Waals surface area contributed by atoms with E-state index in [0.717, 1.165) is 16.5 Å². The summed E-state index contributed by atoms with van der Waals surface area (Å²) in [4.78, 5) is 26.9. The van der Waals surface area contributed by atoms with Crippen molar-refractivity contribution < 1.29 is 14.0 Å². The van der Waals surface area contributed by atoms with E-state index in [1.165, 1.54) is 24.3 Å². The van der Waals surface area contributed by atoms with Crippen LogP contribution in [0.1, 0.15) is 15.9 Å². The maximum Gasteiger partial charge on any atom is 0.269 e. The number of halogens is 1. The van der Waals surface area contributed by atoms with Crippen molar-refractivity contribution in [1.29, 1.82) is 0 Å². The molecule has 0 bridgehead atoms. The molecule has 3 N–H and O–H groups in total. The fraction of sp³-hybridized carbons (Fsp3) is 0.0588. The second-order valence-corrected chi connectivity index (χ2v) is 5.05. The summed E-state index contributed by atoms with van der Waals surface area (Å²) in [7, 11) is 0. The van der Waals surface area contributed by atoms with Crippen LogP contribution in [0.4, 0.5) is 4.39 Å². The van der Waals surface area contributed by atoms with E-state index in [4.69, 9.17) is 0 Å². The third-order valence-electron chi connectivity index (χ3n) is 3.45. The summed E-state index contributed by atoms with van der Waals surface area (Å²) in [6, 6.07) is 12.7. The van der Waals surface area contributed by atoms with Gasteiger partial charge < -0.3 is 4.98 Å². The predicted octanol–water partition coefficient (Wildman–Crippen LogP) is 2.31.